The molecule has 0 saturated carbocycles. The molecule has 0 spiro atoms. The Bertz CT molecular complexity index is 702. The van der Waals surface area contributed by atoms with E-state index < -0.39 is 0 Å². The van der Waals surface area contributed by atoms with Crippen LogP contribution in [0.2, 0.25) is 0 Å². The number of aromatic hydroxyl groups is 1. The Morgan fingerprint density at radius 3 is 2.95 bits per heavy atom. The van der Waals surface area contributed by atoms with E-state index in [-0.39, 0.29) is 17.0 Å². The second kappa shape index (κ2) is 4.03. The fourth-order valence-corrected chi connectivity index (χ4v) is 2.47. The largest absolute Gasteiger partial charge is 0.493 e. The van der Waals surface area contributed by atoms with Crippen LogP contribution in [0.15, 0.2) is 17.1 Å². The topological polar surface area (TPSA) is 77.2 Å². The van der Waals surface area contributed by atoms with Crippen LogP contribution in [0.5, 0.6) is 5.88 Å². The van der Waals surface area contributed by atoms with Crippen molar-refractivity contribution >= 4 is 10.9 Å². The van der Waals surface area contributed by atoms with Gasteiger partial charge in [-0.05, 0) is 20.3 Å². The molecule has 3 heterocycles. The molecule has 1 atom stereocenters. The molecule has 2 aromatic rings. The summed E-state index contributed by atoms with van der Waals surface area (Å²) in [7, 11) is 0. The van der Waals surface area contributed by atoms with Crippen LogP contribution in [0.4, 0.5) is 0 Å². The van der Waals surface area contributed by atoms with Crippen LogP contribution in [-0.4, -0.2) is 32.9 Å². The maximum atomic E-state index is 12.2. The fourth-order valence-electron chi connectivity index (χ4n) is 2.47. The van der Waals surface area contributed by atoms with Crippen LogP contribution < -0.4 is 5.56 Å². The van der Waals surface area contributed by atoms with Crippen molar-refractivity contribution in [2.75, 3.05) is 13.2 Å². The molecule has 6 heteroatoms. The summed E-state index contributed by atoms with van der Waals surface area (Å²) in [6.45, 7) is 4.78. The first-order chi connectivity index (χ1) is 8.99. The molecule has 3 rings (SSSR count). The van der Waals surface area contributed by atoms with Crippen LogP contribution in [0.1, 0.15) is 19.2 Å². The first-order valence-corrected chi connectivity index (χ1v) is 6.18. The van der Waals surface area contributed by atoms with Gasteiger partial charge in [-0.2, -0.15) is 4.98 Å². The molecule has 6 nitrogen and oxygen atoms in total. The van der Waals surface area contributed by atoms with Crippen molar-refractivity contribution in [3.8, 4) is 5.88 Å². The zero-order valence-corrected chi connectivity index (χ0v) is 10.9. The van der Waals surface area contributed by atoms with Gasteiger partial charge in [0.25, 0.3) is 5.56 Å². The Labute approximate surface area is 109 Å². The smallest absolute Gasteiger partial charge is 0.253 e. The lowest BCUT2D eigenvalue weighted by atomic mass is 10.0. The predicted octanol–water partition coefficient (Wildman–Crippen LogP) is 0.941. The van der Waals surface area contributed by atoms with E-state index in [2.05, 4.69) is 9.97 Å². The van der Waals surface area contributed by atoms with Gasteiger partial charge in [-0.1, -0.05) is 0 Å². The highest BCUT2D eigenvalue weighted by molar-refractivity contribution is 5.82. The third-order valence-electron chi connectivity index (χ3n) is 3.60. The van der Waals surface area contributed by atoms with Gasteiger partial charge < -0.3 is 14.4 Å². The lowest BCUT2D eigenvalue weighted by Gasteiger charge is -2.25. The Kier molecular flexibility index (Phi) is 2.56. The van der Waals surface area contributed by atoms with E-state index in [1.54, 1.807) is 17.7 Å². The van der Waals surface area contributed by atoms with Crippen LogP contribution in [0, 0.1) is 6.92 Å². The highest BCUT2D eigenvalue weighted by atomic mass is 16.5. The van der Waals surface area contributed by atoms with E-state index in [0.717, 1.165) is 6.42 Å². The lowest BCUT2D eigenvalue weighted by Crippen LogP contribution is -2.38. The summed E-state index contributed by atoms with van der Waals surface area (Å²) < 4.78 is 6.99. The van der Waals surface area contributed by atoms with E-state index in [9.17, 15) is 9.90 Å². The van der Waals surface area contributed by atoms with Gasteiger partial charge in [0.15, 0.2) is 0 Å². The molecule has 0 amide bonds. The van der Waals surface area contributed by atoms with E-state index in [1.807, 2.05) is 6.92 Å². The zero-order valence-electron chi connectivity index (χ0n) is 10.9. The normalized spacial score (nSPS) is 23.1. The Morgan fingerprint density at radius 1 is 1.47 bits per heavy atom. The molecule has 1 unspecified atom stereocenters. The molecule has 1 N–H and O–H groups in total. The Balaban J connectivity index is 2.27. The standard InChI is InChI=1S/C13H15N3O3/c1-8-14-10-5-11(17)16(6-9(10)12(18)15-8)13(2)3-4-19-7-13/h5-6H,3-4,7H2,1-2H3,(H,14,15,18). The van der Waals surface area contributed by atoms with Crippen LogP contribution >= 0.6 is 0 Å². The van der Waals surface area contributed by atoms with Crippen molar-refractivity contribution in [1.29, 1.82) is 0 Å². The molecule has 0 aliphatic carbocycles. The van der Waals surface area contributed by atoms with Gasteiger partial charge in [-0.25, -0.2) is 4.98 Å². The number of aromatic nitrogens is 3. The number of hydrogen-bond acceptors (Lipinski definition) is 5. The second-order valence-electron chi connectivity index (χ2n) is 5.17. The maximum Gasteiger partial charge on any atom is 0.253 e. The Morgan fingerprint density at radius 2 is 2.26 bits per heavy atom. The quantitative estimate of drug-likeness (QED) is 0.826. The van der Waals surface area contributed by atoms with Crippen LogP contribution in [-0.2, 0) is 10.3 Å². The van der Waals surface area contributed by atoms with Gasteiger partial charge in [0.2, 0.25) is 5.88 Å². The summed E-state index contributed by atoms with van der Waals surface area (Å²) in [5.74, 6) is 0.344. The molecule has 19 heavy (non-hydrogen) atoms. The molecule has 100 valence electrons. The number of nitrogens with zero attached hydrogens (tertiary/aromatic N) is 3. The third kappa shape index (κ3) is 1.88. The van der Waals surface area contributed by atoms with Gasteiger partial charge in [0.05, 0.1) is 23.0 Å². The first kappa shape index (κ1) is 12.1. The molecule has 1 saturated heterocycles. The number of aryl methyl sites for hydroxylation is 1. The average molecular weight is 261 g/mol. The maximum absolute atomic E-state index is 12.2. The van der Waals surface area contributed by atoms with Gasteiger partial charge in [-0.15, -0.1) is 0 Å². The van der Waals surface area contributed by atoms with Crippen molar-refractivity contribution < 1.29 is 9.84 Å². The van der Waals surface area contributed by atoms with Crippen LogP contribution in [0.3, 0.4) is 0 Å². The predicted molar refractivity (Wildman–Crippen MR) is 69.3 cm³/mol. The molecule has 1 fully saturated rings. The molecule has 0 aromatic carbocycles. The fraction of sp³-hybridized carbons (Fsp3) is 0.462. The van der Waals surface area contributed by atoms with E-state index in [4.69, 9.17) is 4.74 Å². The minimum Gasteiger partial charge on any atom is -0.493 e. The lowest BCUT2D eigenvalue weighted by molar-refractivity contribution is 0.160. The minimum absolute atomic E-state index is 0.0984. The highest BCUT2D eigenvalue weighted by Crippen LogP contribution is 2.27. The third-order valence-corrected chi connectivity index (χ3v) is 3.60. The van der Waals surface area contributed by atoms with Crippen molar-refractivity contribution in [2.45, 2.75) is 25.8 Å². The number of ether oxygens (including phenoxy) is 1. The summed E-state index contributed by atoms with van der Waals surface area (Å²) in [4.78, 5) is 20.3. The molecule has 0 radical (unpaired) electrons. The van der Waals surface area contributed by atoms with Gasteiger partial charge >= 0.3 is 0 Å². The monoisotopic (exact) mass is 261 g/mol. The van der Waals surface area contributed by atoms with Crippen LogP contribution in [0.25, 0.3) is 10.9 Å². The summed E-state index contributed by atoms with van der Waals surface area (Å²) >= 11 is 0. The van der Waals surface area contributed by atoms with E-state index in [1.165, 1.54) is 6.07 Å². The number of hydrogen-bond donors (Lipinski definition) is 1. The van der Waals surface area contributed by atoms with Crippen molar-refractivity contribution in [2.24, 2.45) is 0 Å². The minimum atomic E-state index is -0.372. The summed E-state index contributed by atoms with van der Waals surface area (Å²) in [6.07, 6.45) is 2.40. The van der Waals surface area contributed by atoms with Crippen molar-refractivity contribution in [3.63, 3.8) is 0 Å². The highest BCUT2D eigenvalue weighted by Gasteiger charge is 2.32. The number of rotatable bonds is 1. The number of pyridine rings is 1. The van der Waals surface area contributed by atoms with Crippen molar-refractivity contribution in [1.82, 2.24) is 14.5 Å². The Hall–Kier alpha value is -1.95. The zero-order chi connectivity index (χ0) is 13.6. The molecule has 0 bridgehead atoms. The first-order valence-electron chi connectivity index (χ1n) is 6.18. The van der Waals surface area contributed by atoms with Crippen molar-refractivity contribution in [3.05, 3.63) is 28.4 Å². The summed E-state index contributed by atoms with van der Waals surface area (Å²) in [5.41, 5.74) is -0.0467. The van der Waals surface area contributed by atoms with Gasteiger partial charge in [0, 0.05) is 18.9 Å². The SMILES string of the molecule is Cc1nc(O)c2cn(C3(C)CCOC3)c(=O)cc2n1. The molecular weight excluding hydrogens is 246 g/mol. The second-order valence-corrected chi connectivity index (χ2v) is 5.17. The number of fused-ring (bicyclic) bond motifs is 1. The van der Waals surface area contributed by atoms with Gasteiger partial charge in [0.1, 0.15) is 5.82 Å². The molecule has 1 aliphatic rings. The summed E-state index contributed by atoms with van der Waals surface area (Å²) in [6, 6.07) is 1.44. The molecular formula is C13H15N3O3. The van der Waals surface area contributed by atoms with Gasteiger partial charge in [-0.3, -0.25) is 4.79 Å². The molecule has 1 aliphatic heterocycles. The van der Waals surface area contributed by atoms with E-state index >= 15 is 0 Å². The van der Waals surface area contributed by atoms with E-state index in [0.29, 0.717) is 29.9 Å². The summed E-state index contributed by atoms with van der Waals surface area (Å²) in [5, 5.41) is 10.4. The average Bonchev–Trinajstić information content (AvgIpc) is 2.75. The molecule has 2 aromatic heterocycles.